The van der Waals surface area contributed by atoms with Gasteiger partial charge in [0, 0.05) is 25.0 Å². The fraction of sp³-hybridized carbons (Fsp3) is 0.417. The van der Waals surface area contributed by atoms with Crippen LogP contribution >= 0.6 is 0 Å². The predicted octanol–water partition coefficient (Wildman–Crippen LogP) is 2.82. The minimum atomic E-state index is -0.407. The minimum Gasteiger partial charge on any atom is -0.300 e. The summed E-state index contributed by atoms with van der Waals surface area (Å²) in [7, 11) is 0. The summed E-state index contributed by atoms with van der Waals surface area (Å²) < 4.78 is 0. The van der Waals surface area contributed by atoms with Crippen molar-refractivity contribution in [3.8, 4) is 0 Å². The summed E-state index contributed by atoms with van der Waals surface area (Å²) in [4.78, 5) is 21.4. The van der Waals surface area contributed by atoms with Gasteiger partial charge < -0.3 is 0 Å². The zero-order valence-electron chi connectivity index (χ0n) is 8.89. The molecule has 16 heavy (non-hydrogen) atoms. The largest absolute Gasteiger partial charge is 0.300 e. The van der Waals surface area contributed by atoms with Crippen molar-refractivity contribution < 1.29 is 9.72 Å². The summed E-state index contributed by atoms with van der Waals surface area (Å²) in [5.74, 6) is 0.552. The molecule has 0 heterocycles. The van der Waals surface area contributed by atoms with Crippen LogP contribution in [0.1, 0.15) is 37.2 Å². The molecule has 0 spiro atoms. The monoisotopic (exact) mass is 219 g/mol. The van der Waals surface area contributed by atoms with Crippen LogP contribution in [0.4, 0.5) is 5.69 Å². The highest BCUT2D eigenvalue weighted by Crippen LogP contribution is 2.31. The smallest absolute Gasteiger partial charge is 0.269 e. The maximum absolute atomic E-state index is 11.3. The number of carbonyl (C=O) groups is 1. The molecule has 4 nitrogen and oxygen atoms in total. The second-order valence-electron chi connectivity index (χ2n) is 4.18. The third-order valence-corrected chi connectivity index (χ3v) is 3.06. The molecule has 4 heteroatoms. The molecule has 1 atom stereocenters. The summed E-state index contributed by atoms with van der Waals surface area (Å²) in [6.45, 7) is 0. The Morgan fingerprint density at radius 2 is 1.94 bits per heavy atom. The number of ketones is 1. The SMILES string of the molecule is O=C1CCC[C@@H](c2ccc([N+](=O)[O-])cc2)C1. The number of hydrogen-bond donors (Lipinski definition) is 0. The van der Waals surface area contributed by atoms with Crippen LogP contribution in [0.15, 0.2) is 24.3 Å². The molecular formula is C12H13NO3. The standard InChI is InChI=1S/C12H13NO3/c14-12-3-1-2-10(8-12)9-4-6-11(7-5-9)13(15)16/h4-7,10H,1-3,8H2/t10-/m1/s1. The number of hydrogen-bond acceptors (Lipinski definition) is 3. The van der Waals surface area contributed by atoms with E-state index in [1.54, 1.807) is 12.1 Å². The Kier molecular flexibility index (Phi) is 2.99. The van der Waals surface area contributed by atoms with E-state index in [9.17, 15) is 14.9 Å². The van der Waals surface area contributed by atoms with Crippen molar-refractivity contribution in [3.63, 3.8) is 0 Å². The van der Waals surface area contributed by atoms with Gasteiger partial charge in [-0.2, -0.15) is 0 Å². The van der Waals surface area contributed by atoms with Gasteiger partial charge in [0.2, 0.25) is 0 Å². The summed E-state index contributed by atoms with van der Waals surface area (Å²) in [6.07, 6.45) is 3.20. The molecule has 2 rings (SSSR count). The van der Waals surface area contributed by atoms with E-state index in [2.05, 4.69) is 0 Å². The van der Waals surface area contributed by atoms with Crippen LogP contribution in [0.3, 0.4) is 0 Å². The fourth-order valence-electron chi connectivity index (χ4n) is 2.18. The highest BCUT2D eigenvalue weighted by Gasteiger charge is 2.21. The van der Waals surface area contributed by atoms with E-state index in [4.69, 9.17) is 0 Å². The van der Waals surface area contributed by atoms with E-state index in [0.29, 0.717) is 18.6 Å². The van der Waals surface area contributed by atoms with Gasteiger partial charge in [0.05, 0.1) is 4.92 Å². The Labute approximate surface area is 93.4 Å². The lowest BCUT2D eigenvalue weighted by Gasteiger charge is -2.20. The van der Waals surface area contributed by atoms with Crippen molar-refractivity contribution in [3.05, 3.63) is 39.9 Å². The number of nitro benzene ring substituents is 1. The lowest BCUT2D eigenvalue weighted by Crippen LogP contribution is -2.13. The molecule has 0 saturated heterocycles. The number of rotatable bonds is 2. The molecule has 0 bridgehead atoms. The summed E-state index contributed by atoms with van der Waals surface area (Å²) in [6, 6.07) is 6.55. The number of Topliss-reactive ketones (excluding diaryl/α,β-unsaturated/α-hetero) is 1. The van der Waals surface area contributed by atoms with Crippen LogP contribution in [0, 0.1) is 10.1 Å². The van der Waals surface area contributed by atoms with Crippen LogP contribution in [0.25, 0.3) is 0 Å². The second kappa shape index (κ2) is 4.43. The van der Waals surface area contributed by atoms with Gasteiger partial charge in [-0.1, -0.05) is 12.1 Å². The number of nitro groups is 1. The summed E-state index contributed by atoms with van der Waals surface area (Å²) >= 11 is 0. The molecule has 1 aromatic rings. The van der Waals surface area contributed by atoms with Gasteiger partial charge in [0.1, 0.15) is 5.78 Å². The number of nitrogens with zero attached hydrogens (tertiary/aromatic N) is 1. The molecule has 1 saturated carbocycles. The van der Waals surface area contributed by atoms with Crippen molar-refractivity contribution in [1.29, 1.82) is 0 Å². The van der Waals surface area contributed by atoms with Gasteiger partial charge in [0.25, 0.3) is 5.69 Å². The van der Waals surface area contributed by atoms with Crippen LogP contribution in [0.5, 0.6) is 0 Å². The molecule has 0 unspecified atom stereocenters. The molecule has 0 amide bonds. The Morgan fingerprint density at radius 3 is 2.50 bits per heavy atom. The van der Waals surface area contributed by atoms with E-state index in [1.165, 1.54) is 12.1 Å². The van der Waals surface area contributed by atoms with E-state index < -0.39 is 4.92 Å². The highest BCUT2D eigenvalue weighted by molar-refractivity contribution is 5.80. The molecule has 1 fully saturated rings. The molecule has 0 N–H and O–H groups in total. The van der Waals surface area contributed by atoms with Gasteiger partial charge in [-0.15, -0.1) is 0 Å². The highest BCUT2D eigenvalue weighted by atomic mass is 16.6. The average molecular weight is 219 g/mol. The van der Waals surface area contributed by atoms with Crippen LogP contribution < -0.4 is 0 Å². The summed E-state index contributed by atoms with van der Waals surface area (Å²) in [5, 5.41) is 10.5. The third-order valence-electron chi connectivity index (χ3n) is 3.06. The van der Waals surface area contributed by atoms with Crippen molar-refractivity contribution >= 4 is 11.5 Å². The van der Waals surface area contributed by atoms with Crippen molar-refractivity contribution in [2.45, 2.75) is 31.6 Å². The average Bonchev–Trinajstić information content (AvgIpc) is 2.29. The Morgan fingerprint density at radius 1 is 1.25 bits per heavy atom. The lowest BCUT2D eigenvalue weighted by atomic mass is 9.83. The molecule has 1 aliphatic carbocycles. The second-order valence-corrected chi connectivity index (χ2v) is 4.18. The van der Waals surface area contributed by atoms with Gasteiger partial charge >= 0.3 is 0 Å². The minimum absolute atomic E-state index is 0.103. The van der Waals surface area contributed by atoms with Gasteiger partial charge in [-0.05, 0) is 24.3 Å². The number of benzene rings is 1. The Balaban J connectivity index is 2.14. The Hall–Kier alpha value is -1.71. The van der Waals surface area contributed by atoms with Crippen molar-refractivity contribution in [2.75, 3.05) is 0 Å². The van der Waals surface area contributed by atoms with Gasteiger partial charge in [0.15, 0.2) is 0 Å². The molecule has 1 aromatic carbocycles. The lowest BCUT2D eigenvalue weighted by molar-refractivity contribution is -0.384. The van der Waals surface area contributed by atoms with E-state index in [0.717, 1.165) is 18.4 Å². The number of carbonyl (C=O) groups excluding carboxylic acids is 1. The Bertz CT molecular complexity index is 411. The first-order valence-electron chi connectivity index (χ1n) is 5.43. The van der Waals surface area contributed by atoms with Crippen LogP contribution in [-0.4, -0.2) is 10.7 Å². The normalized spacial score (nSPS) is 20.8. The van der Waals surface area contributed by atoms with Gasteiger partial charge in [-0.25, -0.2) is 0 Å². The zero-order chi connectivity index (χ0) is 11.5. The molecule has 0 aromatic heterocycles. The summed E-state index contributed by atoms with van der Waals surface area (Å²) in [5.41, 5.74) is 1.14. The first-order chi connectivity index (χ1) is 7.66. The van der Waals surface area contributed by atoms with Crippen molar-refractivity contribution in [1.82, 2.24) is 0 Å². The van der Waals surface area contributed by atoms with Crippen LogP contribution in [-0.2, 0) is 4.79 Å². The molecule has 1 aliphatic rings. The predicted molar refractivity (Wildman–Crippen MR) is 59.3 cm³/mol. The molecule has 0 radical (unpaired) electrons. The maximum Gasteiger partial charge on any atom is 0.269 e. The quantitative estimate of drug-likeness (QED) is 0.567. The number of non-ortho nitro benzene ring substituents is 1. The maximum atomic E-state index is 11.3. The van der Waals surface area contributed by atoms with Crippen molar-refractivity contribution in [2.24, 2.45) is 0 Å². The van der Waals surface area contributed by atoms with E-state index in [1.807, 2.05) is 0 Å². The van der Waals surface area contributed by atoms with Gasteiger partial charge in [-0.3, -0.25) is 14.9 Å². The molecule has 0 aliphatic heterocycles. The first kappa shape index (κ1) is 10.8. The molecular weight excluding hydrogens is 206 g/mol. The van der Waals surface area contributed by atoms with E-state index >= 15 is 0 Å². The van der Waals surface area contributed by atoms with Crippen LogP contribution in [0.2, 0.25) is 0 Å². The fourth-order valence-corrected chi connectivity index (χ4v) is 2.18. The third kappa shape index (κ3) is 2.27. The first-order valence-corrected chi connectivity index (χ1v) is 5.43. The van der Waals surface area contributed by atoms with E-state index in [-0.39, 0.29) is 11.6 Å². The zero-order valence-corrected chi connectivity index (χ0v) is 8.89. The molecule has 84 valence electrons. The topological polar surface area (TPSA) is 60.2 Å².